The van der Waals surface area contributed by atoms with Crippen molar-refractivity contribution in [2.24, 2.45) is 0 Å². The molecule has 1 N–H and O–H groups in total. The standard InChI is InChI=1S/C10H19N3O.C2H6/c14-10(13-5-1-2-6-13)9-12-7-3-11-4-8-12;1-2/h11H,1-9H2;1-2H3. The third-order valence-electron chi connectivity index (χ3n) is 3.03. The van der Waals surface area contributed by atoms with E-state index >= 15 is 0 Å². The molecule has 0 aromatic heterocycles. The highest BCUT2D eigenvalue weighted by Crippen LogP contribution is 2.08. The fourth-order valence-corrected chi connectivity index (χ4v) is 2.13. The first kappa shape index (κ1) is 13.5. The molecule has 0 saturated carbocycles. The lowest BCUT2D eigenvalue weighted by molar-refractivity contribution is -0.131. The Balaban J connectivity index is 0.000000606. The molecular weight excluding hydrogens is 202 g/mol. The molecule has 0 bridgehead atoms. The number of rotatable bonds is 2. The third kappa shape index (κ3) is 4.10. The van der Waals surface area contributed by atoms with Crippen LogP contribution in [0.25, 0.3) is 0 Å². The Hall–Kier alpha value is -0.610. The van der Waals surface area contributed by atoms with Gasteiger partial charge >= 0.3 is 0 Å². The predicted octanol–water partition coefficient (Wildman–Crippen LogP) is 0.540. The molecule has 2 fully saturated rings. The molecule has 0 unspecified atom stereocenters. The summed E-state index contributed by atoms with van der Waals surface area (Å²) < 4.78 is 0. The summed E-state index contributed by atoms with van der Waals surface area (Å²) in [6.07, 6.45) is 2.38. The van der Waals surface area contributed by atoms with Gasteiger partial charge in [0.05, 0.1) is 6.54 Å². The van der Waals surface area contributed by atoms with E-state index < -0.39 is 0 Å². The molecule has 4 heteroatoms. The molecule has 16 heavy (non-hydrogen) atoms. The van der Waals surface area contributed by atoms with Gasteiger partial charge in [0.25, 0.3) is 0 Å². The lowest BCUT2D eigenvalue weighted by atomic mass is 10.3. The van der Waals surface area contributed by atoms with Crippen molar-refractivity contribution in [2.75, 3.05) is 45.8 Å². The first-order valence-corrected chi connectivity index (χ1v) is 6.57. The maximum absolute atomic E-state index is 11.8. The zero-order valence-corrected chi connectivity index (χ0v) is 10.7. The summed E-state index contributed by atoms with van der Waals surface area (Å²) in [5.41, 5.74) is 0. The third-order valence-corrected chi connectivity index (χ3v) is 3.03. The van der Waals surface area contributed by atoms with Crippen molar-refractivity contribution < 1.29 is 4.79 Å². The largest absolute Gasteiger partial charge is 0.342 e. The van der Waals surface area contributed by atoms with Crippen LogP contribution < -0.4 is 5.32 Å². The average Bonchev–Trinajstić information content (AvgIpc) is 2.86. The summed E-state index contributed by atoms with van der Waals surface area (Å²) >= 11 is 0. The van der Waals surface area contributed by atoms with E-state index in [1.807, 2.05) is 18.7 Å². The van der Waals surface area contributed by atoms with Crippen LogP contribution in [0.15, 0.2) is 0 Å². The van der Waals surface area contributed by atoms with E-state index in [4.69, 9.17) is 0 Å². The van der Waals surface area contributed by atoms with Gasteiger partial charge in [-0.1, -0.05) is 13.8 Å². The summed E-state index contributed by atoms with van der Waals surface area (Å²) in [5.74, 6) is 0.324. The molecule has 2 aliphatic heterocycles. The van der Waals surface area contributed by atoms with Crippen LogP contribution in [-0.2, 0) is 4.79 Å². The first-order chi connectivity index (χ1) is 7.86. The number of piperazine rings is 1. The van der Waals surface area contributed by atoms with Crippen LogP contribution >= 0.6 is 0 Å². The van der Waals surface area contributed by atoms with Gasteiger partial charge in [-0.15, -0.1) is 0 Å². The van der Waals surface area contributed by atoms with E-state index in [0.29, 0.717) is 12.5 Å². The van der Waals surface area contributed by atoms with Crippen molar-refractivity contribution in [3.05, 3.63) is 0 Å². The number of carbonyl (C=O) groups is 1. The minimum absolute atomic E-state index is 0.324. The molecule has 2 saturated heterocycles. The molecular formula is C12H25N3O. The highest BCUT2D eigenvalue weighted by Gasteiger charge is 2.20. The highest BCUT2D eigenvalue weighted by atomic mass is 16.2. The van der Waals surface area contributed by atoms with Crippen molar-refractivity contribution in [3.8, 4) is 0 Å². The molecule has 2 heterocycles. The maximum Gasteiger partial charge on any atom is 0.236 e. The van der Waals surface area contributed by atoms with E-state index in [2.05, 4.69) is 10.2 Å². The van der Waals surface area contributed by atoms with E-state index in [-0.39, 0.29) is 0 Å². The van der Waals surface area contributed by atoms with Crippen LogP contribution in [0.4, 0.5) is 0 Å². The monoisotopic (exact) mass is 227 g/mol. The summed E-state index contributed by atoms with van der Waals surface area (Å²) in [5, 5.41) is 3.29. The van der Waals surface area contributed by atoms with Gasteiger partial charge in [-0.25, -0.2) is 0 Å². The van der Waals surface area contributed by atoms with E-state index in [0.717, 1.165) is 39.3 Å². The van der Waals surface area contributed by atoms with Crippen LogP contribution in [0.1, 0.15) is 26.7 Å². The fourth-order valence-electron chi connectivity index (χ4n) is 2.13. The molecule has 1 amide bonds. The molecule has 0 radical (unpaired) electrons. The Labute approximate surface area is 99.0 Å². The number of nitrogens with one attached hydrogen (secondary N) is 1. The van der Waals surface area contributed by atoms with Crippen LogP contribution in [0, 0.1) is 0 Å². The molecule has 0 spiro atoms. The van der Waals surface area contributed by atoms with Crippen LogP contribution in [0.5, 0.6) is 0 Å². The lowest BCUT2D eigenvalue weighted by Gasteiger charge is -2.28. The Morgan fingerprint density at radius 2 is 1.62 bits per heavy atom. The second-order valence-electron chi connectivity index (χ2n) is 4.11. The van der Waals surface area contributed by atoms with Crippen molar-refractivity contribution in [3.63, 3.8) is 0 Å². The summed E-state index contributed by atoms with van der Waals surface area (Å²) in [6, 6.07) is 0. The average molecular weight is 227 g/mol. The first-order valence-electron chi connectivity index (χ1n) is 6.57. The van der Waals surface area contributed by atoms with Crippen molar-refractivity contribution >= 4 is 5.91 Å². The SMILES string of the molecule is CC.O=C(CN1CCNCC1)N1CCCC1. The second kappa shape index (κ2) is 7.63. The van der Waals surface area contributed by atoms with Gasteiger partial charge in [-0.2, -0.15) is 0 Å². The molecule has 94 valence electrons. The minimum Gasteiger partial charge on any atom is -0.342 e. The van der Waals surface area contributed by atoms with Crippen LogP contribution in [0.2, 0.25) is 0 Å². The van der Waals surface area contributed by atoms with E-state index in [9.17, 15) is 4.79 Å². The maximum atomic E-state index is 11.8. The molecule has 0 aromatic carbocycles. The Morgan fingerprint density at radius 3 is 2.19 bits per heavy atom. The topological polar surface area (TPSA) is 35.6 Å². The van der Waals surface area contributed by atoms with Crippen LogP contribution in [-0.4, -0.2) is 61.5 Å². The molecule has 2 aliphatic rings. The molecule has 0 aromatic rings. The van der Waals surface area contributed by atoms with Gasteiger partial charge in [-0.05, 0) is 12.8 Å². The van der Waals surface area contributed by atoms with Crippen molar-refractivity contribution in [2.45, 2.75) is 26.7 Å². The molecule has 4 nitrogen and oxygen atoms in total. The second-order valence-corrected chi connectivity index (χ2v) is 4.11. The van der Waals surface area contributed by atoms with Crippen molar-refractivity contribution in [1.29, 1.82) is 0 Å². The number of amides is 1. The zero-order chi connectivity index (χ0) is 11.8. The van der Waals surface area contributed by atoms with Gasteiger partial charge in [0.2, 0.25) is 5.91 Å². The van der Waals surface area contributed by atoms with Crippen LogP contribution in [0.3, 0.4) is 0 Å². The van der Waals surface area contributed by atoms with Gasteiger partial charge in [0.1, 0.15) is 0 Å². The molecule has 0 aliphatic carbocycles. The van der Waals surface area contributed by atoms with Gasteiger partial charge in [-0.3, -0.25) is 9.69 Å². The summed E-state index contributed by atoms with van der Waals surface area (Å²) in [6.45, 7) is 10.7. The van der Waals surface area contributed by atoms with Gasteiger partial charge in [0.15, 0.2) is 0 Å². The van der Waals surface area contributed by atoms with E-state index in [1.54, 1.807) is 0 Å². The molecule has 2 rings (SSSR count). The van der Waals surface area contributed by atoms with Gasteiger partial charge < -0.3 is 10.2 Å². The van der Waals surface area contributed by atoms with E-state index in [1.165, 1.54) is 12.8 Å². The fraction of sp³-hybridized carbons (Fsp3) is 0.917. The van der Waals surface area contributed by atoms with Gasteiger partial charge in [0, 0.05) is 39.3 Å². The normalized spacial score (nSPS) is 21.5. The number of carbonyl (C=O) groups excluding carboxylic acids is 1. The number of nitrogens with zero attached hydrogens (tertiary/aromatic N) is 2. The predicted molar refractivity (Wildman–Crippen MR) is 66.5 cm³/mol. The number of hydrogen-bond donors (Lipinski definition) is 1. The van der Waals surface area contributed by atoms with Crippen molar-refractivity contribution in [1.82, 2.24) is 15.1 Å². The smallest absolute Gasteiger partial charge is 0.236 e. The quantitative estimate of drug-likeness (QED) is 0.748. The number of hydrogen-bond acceptors (Lipinski definition) is 3. The number of likely N-dealkylation sites (tertiary alicyclic amines) is 1. The lowest BCUT2D eigenvalue weighted by Crippen LogP contribution is -2.48. The summed E-state index contributed by atoms with van der Waals surface area (Å²) in [7, 11) is 0. The Morgan fingerprint density at radius 1 is 1.06 bits per heavy atom. The highest BCUT2D eigenvalue weighted by molar-refractivity contribution is 5.78. The minimum atomic E-state index is 0.324. The Bertz CT molecular complexity index is 196. The zero-order valence-electron chi connectivity index (χ0n) is 10.7. The Kier molecular flexibility index (Phi) is 6.42. The summed E-state index contributed by atoms with van der Waals surface area (Å²) in [4.78, 5) is 16.0. The molecule has 0 atom stereocenters.